The van der Waals surface area contributed by atoms with E-state index in [1.165, 1.54) is 0 Å². The molecule has 0 amide bonds. The zero-order chi connectivity index (χ0) is 11.6. The van der Waals surface area contributed by atoms with Crippen LogP contribution in [0.5, 0.6) is 0 Å². The van der Waals surface area contributed by atoms with Gasteiger partial charge in [0, 0.05) is 6.20 Å². The average molecular weight is 218 g/mol. The van der Waals surface area contributed by atoms with Crippen LogP contribution in [0.15, 0.2) is 11.0 Å². The van der Waals surface area contributed by atoms with E-state index in [4.69, 9.17) is 5.73 Å². The van der Waals surface area contributed by atoms with Crippen molar-refractivity contribution in [2.24, 2.45) is 0 Å². The fraction of sp³-hybridized carbons (Fsp3) is 0.250. The van der Waals surface area contributed by atoms with E-state index in [2.05, 4.69) is 9.72 Å². The van der Waals surface area contributed by atoms with Crippen LogP contribution in [0.2, 0.25) is 0 Å². The molecule has 0 aliphatic rings. The van der Waals surface area contributed by atoms with E-state index >= 15 is 0 Å². The minimum atomic E-state index is -2.98. The van der Waals surface area contributed by atoms with Gasteiger partial charge in [-0.3, -0.25) is 4.79 Å². The maximum Gasteiger partial charge on any atom is 0.343 e. The number of aromatic amines is 1. The molecule has 82 valence electrons. The fourth-order valence-electron chi connectivity index (χ4n) is 1.04. The van der Waals surface area contributed by atoms with E-state index in [9.17, 15) is 18.4 Å². The van der Waals surface area contributed by atoms with Gasteiger partial charge in [0.15, 0.2) is 0 Å². The monoisotopic (exact) mass is 218 g/mol. The number of halogens is 2. The Labute approximate surface area is 82.9 Å². The molecule has 0 saturated carbocycles. The van der Waals surface area contributed by atoms with Crippen molar-refractivity contribution in [3.63, 3.8) is 0 Å². The van der Waals surface area contributed by atoms with Crippen molar-refractivity contribution in [2.45, 2.75) is 6.43 Å². The molecule has 15 heavy (non-hydrogen) atoms. The third-order valence-corrected chi connectivity index (χ3v) is 1.75. The van der Waals surface area contributed by atoms with E-state index in [1.807, 2.05) is 0 Å². The number of aromatic nitrogens is 1. The maximum atomic E-state index is 12.4. The number of methoxy groups -OCH3 is 1. The van der Waals surface area contributed by atoms with Crippen LogP contribution in [-0.4, -0.2) is 18.1 Å². The summed E-state index contributed by atoms with van der Waals surface area (Å²) in [5.74, 6) is -1.14. The van der Waals surface area contributed by atoms with Gasteiger partial charge in [0.05, 0.1) is 12.8 Å². The highest BCUT2D eigenvalue weighted by Crippen LogP contribution is 2.19. The number of alkyl halides is 2. The van der Waals surface area contributed by atoms with Gasteiger partial charge in [-0.2, -0.15) is 0 Å². The van der Waals surface area contributed by atoms with Crippen molar-refractivity contribution >= 4 is 11.7 Å². The number of nitrogens with one attached hydrogen (secondary N) is 1. The number of esters is 1. The second-order valence-corrected chi connectivity index (χ2v) is 2.65. The number of pyridine rings is 1. The number of carbonyl (C=O) groups excluding carboxylic acids is 1. The summed E-state index contributed by atoms with van der Waals surface area (Å²) in [6, 6.07) is 0. The Kier molecular flexibility index (Phi) is 3.03. The van der Waals surface area contributed by atoms with Crippen molar-refractivity contribution in [2.75, 3.05) is 12.8 Å². The molecule has 0 radical (unpaired) electrons. The summed E-state index contributed by atoms with van der Waals surface area (Å²) in [4.78, 5) is 24.5. The lowest BCUT2D eigenvalue weighted by molar-refractivity contribution is 0.0585. The Bertz CT molecular complexity index is 442. The fourth-order valence-corrected chi connectivity index (χ4v) is 1.04. The zero-order valence-electron chi connectivity index (χ0n) is 7.71. The van der Waals surface area contributed by atoms with Crippen LogP contribution in [0.25, 0.3) is 0 Å². The number of nitrogens with two attached hydrogens (primary N) is 1. The SMILES string of the molecule is COC(=O)c1c(C(F)F)[nH]cc(N)c1=O. The van der Waals surface area contributed by atoms with Crippen molar-refractivity contribution < 1.29 is 18.3 Å². The Morgan fingerprint density at radius 3 is 2.67 bits per heavy atom. The van der Waals surface area contributed by atoms with E-state index < -0.39 is 29.1 Å². The Morgan fingerprint density at radius 2 is 2.20 bits per heavy atom. The second kappa shape index (κ2) is 4.07. The molecule has 5 nitrogen and oxygen atoms in total. The highest BCUT2D eigenvalue weighted by molar-refractivity contribution is 5.91. The van der Waals surface area contributed by atoms with Crippen molar-refractivity contribution in [3.05, 3.63) is 27.7 Å². The maximum absolute atomic E-state index is 12.4. The first-order chi connectivity index (χ1) is 6.99. The molecule has 0 bridgehead atoms. The zero-order valence-corrected chi connectivity index (χ0v) is 7.71. The summed E-state index contributed by atoms with van der Waals surface area (Å²) in [5.41, 5.74) is 2.36. The van der Waals surface area contributed by atoms with Crippen LogP contribution in [0.3, 0.4) is 0 Å². The van der Waals surface area contributed by atoms with E-state index in [0.29, 0.717) is 0 Å². The van der Waals surface area contributed by atoms with Crippen LogP contribution >= 0.6 is 0 Å². The largest absolute Gasteiger partial charge is 0.465 e. The first-order valence-corrected chi connectivity index (χ1v) is 3.86. The van der Waals surface area contributed by atoms with Crippen molar-refractivity contribution in [3.8, 4) is 0 Å². The molecule has 0 fully saturated rings. The number of hydrogen-bond acceptors (Lipinski definition) is 4. The number of hydrogen-bond donors (Lipinski definition) is 2. The number of anilines is 1. The van der Waals surface area contributed by atoms with Gasteiger partial charge in [-0.25, -0.2) is 13.6 Å². The van der Waals surface area contributed by atoms with Crippen molar-refractivity contribution in [1.82, 2.24) is 4.98 Å². The lowest BCUT2D eigenvalue weighted by Crippen LogP contribution is -2.23. The van der Waals surface area contributed by atoms with Gasteiger partial charge < -0.3 is 15.5 Å². The predicted octanol–water partition coefficient (Wildman–Crippen LogP) is 0.681. The molecule has 0 aliphatic carbocycles. The minimum Gasteiger partial charge on any atom is -0.465 e. The summed E-state index contributed by atoms with van der Waals surface area (Å²) in [7, 11) is 0.986. The third-order valence-electron chi connectivity index (χ3n) is 1.75. The van der Waals surface area contributed by atoms with Crippen LogP contribution < -0.4 is 11.2 Å². The Balaban J connectivity index is 3.49. The van der Waals surface area contributed by atoms with Gasteiger partial charge in [0.1, 0.15) is 11.3 Å². The number of ether oxygens (including phenoxy) is 1. The topological polar surface area (TPSA) is 85.2 Å². The molecule has 0 unspecified atom stereocenters. The first kappa shape index (κ1) is 11.2. The van der Waals surface area contributed by atoms with Crippen LogP contribution in [0, 0.1) is 0 Å². The molecular weight excluding hydrogens is 210 g/mol. The molecule has 0 atom stereocenters. The normalized spacial score (nSPS) is 10.4. The molecule has 7 heteroatoms. The van der Waals surface area contributed by atoms with E-state index in [1.54, 1.807) is 0 Å². The summed E-state index contributed by atoms with van der Waals surface area (Å²) in [5, 5.41) is 0. The predicted molar refractivity (Wildman–Crippen MR) is 47.8 cm³/mol. The molecular formula is C8H8F2N2O3. The van der Waals surface area contributed by atoms with Crippen LogP contribution in [0.1, 0.15) is 22.5 Å². The highest BCUT2D eigenvalue weighted by atomic mass is 19.3. The van der Waals surface area contributed by atoms with Gasteiger partial charge in [0.2, 0.25) is 5.43 Å². The second-order valence-electron chi connectivity index (χ2n) is 2.65. The number of rotatable bonds is 2. The summed E-state index contributed by atoms with van der Waals surface area (Å²) in [6.07, 6.45) is -2.07. The lowest BCUT2D eigenvalue weighted by atomic mass is 10.1. The third kappa shape index (κ3) is 1.95. The number of nitrogen functional groups attached to an aromatic ring is 1. The molecule has 1 rings (SSSR count). The first-order valence-electron chi connectivity index (χ1n) is 3.86. The molecule has 1 heterocycles. The minimum absolute atomic E-state index is 0.320. The van der Waals surface area contributed by atoms with E-state index in [-0.39, 0.29) is 5.69 Å². The summed E-state index contributed by atoms with van der Waals surface area (Å²) < 4.78 is 29.0. The molecule has 3 N–H and O–H groups in total. The molecule has 0 aliphatic heterocycles. The molecule has 0 spiro atoms. The Morgan fingerprint density at radius 1 is 1.60 bits per heavy atom. The smallest absolute Gasteiger partial charge is 0.343 e. The molecule has 1 aromatic rings. The highest BCUT2D eigenvalue weighted by Gasteiger charge is 2.24. The summed E-state index contributed by atoms with van der Waals surface area (Å²) in [6.45, 7) is 0. The van der Waals surface area contributed by atoms with Crippen molar-refractivity contribution in [1.29, 1.82) is 0 Å². The molecule has 0 saturated heterocycles. The van der Waals surface area contributed by atoms with Gasteiger partial charge in [-0.05, 0) is 0 Å². The lowest BCUT2D eigenvalue weighted by Gasteiger charge is -2.06. The molecule has 0 aromatic carbocycles. The van der Waals surface area contributed by atoms with Crippen LogP contribution in [0.4, 0.5) is 14.5 Å². The number of carbonyl (C=O) groups is 1. The van der Waals surface area contributed by atoms with Crippen LogP contribution in [-0.2, 0) is 4.74 Å². The standard InChI is InChI=1S/C8H8F2N2O3/c1-15-8(14)4-5(7(9)10)12-2-3(11)6(4)13/h2,7H,11H2,1H3,(H,12,13). The van der Waals surface area contributed by atoms with Gasteiger partial charge >= 0.3 is 5.97 Å². The number of H-pyrrole nitrogens is 1. The average Bonchev–Trinajstić information content (AvgIpc) is 2.20. The molecule has 1 aromatic heterocycles. The summed E-state index contributed by atoms with van der Waals surface area (Å²) >= 11 is 0. The Hall–Kier alpha value is -1.92. The van der Waals surface area contributed by atoms with Gasteiger partial charge in [-0.1, -0.05) is 0 Å². The van der Waals surface area contributed by atoms with Gasteiger partial charge in [0.25, 0.3) is 6.43 Å². The van der Waals surface area contributed by atoms with Gasteiger partial charge in [-0.15, -0.1) is 0 Å². The van der Waals surface area contributed by atoms with E-state index in [0.717, 1.165) is 13.3 Å². The quantitative estimate of drug-likeness (QED) is 0.715.